The number of ether oxygens (including phenoxy) is 1. The van der Waals surface area contributed by atoms with Gasteiger partial charge < -0.3 is 4.74 Å². The van der Waals surface area contributed by atoms with Crippen molar-refractivity contribution in [1.82, 2.24) is 4.90 Å². The molecule has 196 valence electrons. The number of imide groups is 1. The first-order valence-corrected chi connectivity index (χ1v) is 15.0. The first kappa shape index (κ1) is 25.6. The van der Waals surface area contributed by atoms with Crippen LogP contribution in [0.5, 0.6) is 5.75 Å². The van der Waals surface area contributed by atoms with Crippen LogP contribution in [0.1, 0.15) is 45.0 Å². The van der Waals surface area contributed by atoms with Crippen molar-refractivity contribution in [2.24, 2.45) is 0 Å². The molecule has 6 nitrogen and oxygen atoms in total. The fourth-order valence-electron chi connectivity index (χ4n) is 5.50. The van der Waals surface area contributed by atoms with E-state index in [1.807, 2.05) is 62.4 Å². The van der Waals surface area contributed by atoms with Gasteiger partial charge in [-0.25, -0.2) is 0 Å². The second-order valence-electron chi connectivity index (χ2n) is 10.0. The molecule has 0 N–H and O–H groups in total. The Morgan fingerprint density at radius 3 is 2.21 bits per heavy atom. The number of hydrogen-bond donors (Lipinski definition) is 0. The lowest BCUT2D eigenvalue weighted by Gasteiger charge is -2.45. The highest BCUT2D eigenvalue weighted by Crippen LogP contribution is 2.53. The zero-order chi connectivity index (χ0) is 27.5. The molecule has 9 heteroatoms. The molecule has 0 unspecified atom stereocenters. The third kappa shape index (κ3) is 3.95. The molecule has 4 aromatic rings. The molecular weight excluding hydrogens is 549 g/mol. The topological polar surface area (TPSA) is 66.9 Å². The van der Waals surface area contributed by atoms with E-state index < -0.39 is 23.4 Å². The van der Waals surface area contributed by atoms with Gasteiger partial charge in [-0.3, -0.25) is 24.2 Å². The summed E-state index contributed by atoms with van der Waals surface area (Å²) in [6.45, 7) is 3.97. The molecule has 0 aliphatic carbocycles. The van der Waals surface area contributed by atoms with Crippen LogP contribution in [0.2, 0.25) is 0 Å². The van der Waals surface area contributed by atoms with Gasteiger partial charge >= 0.3 is 0 Å². The number of methoxy groups -OCH3 is 1. The van der Waals surface area contributed by atoms with Crippen molar-refractivity contribution < 1.29 is 19.1 Å². The fourth-order valence-corrected chi connectivity index (χ4v) is 8.78. The van der Waals surface area contributed by atoms with E-state index in [2.05, 4.69) is 0 Å². The van der Waals surface area contributed by atoms with E-state index >= 15 is 0 Å². The van der Waals surface area contributed by atoms with Crippen molar-refractivity contribution in [3.05, 3.63) is 98.2 Å². The summed E-state index contributed by atoms with van der Waals surface area (Å²) in [6, 6.07) is 20.7. The summed E-state index contributed by atoms with van der Waals surface area (Å²) in [5, 5.41) is 0. The number of amides is 3. The Balaban J connectivity index is 1.52. The highest BCUT2D eigenvalue weighted by Gasteiger charge is 2.49. The van der Waals surface area contributed by atoms with Crippen LogP contribution in [0.4, 0.5) is 5.69 Å². The van der Waals surface area contributed by atoms with Crippen molar-refractivity contribution >= 4 is 56.3 Å². The van der Waals surface area contributed by atoms with E-state index in [0.717, 1.165) is 30.3 Å². The number of benzene rings is 3. The summed E-state index contributed by atoms with van der Waals surface area (Å²) in [6.07, 6.45) is 0.190. The van der Waals surface area contributed by atoms with Crippen LogP contribution in [-0.4, -0.2) is 35.8 Å². The average Bonchev–Trinajstić information content (AvgIpc) is 3.45. The summed E-state index contributed by atoms with van der Waals surface area (Å²) in [7, 11) is 4.65. The lowest BCUT2D eigenvalue weighted by molar-refractivity contribution is -0.123. The van der Waals surface area contributed by atoms with Crippen molar-refractivity contribution in [3.8, 4) is 16.9 Å². The molecule has 0 saturated carbocycles. The van der Waals surface area contributed by atoms with Crippen LogP contribution in [0.25, 0.3) is 11.1 Å². The molecule has 3 amide bonds. The molecule has 1 aromatic heterocycles. The monoisotopic (exact) mass is 572 g/mol. The van der Waals surface area contributed by atoms with Gasteiger partial charge in [0.2, 0.25) is 0 Å². The third-order valence-electron chi connectivity index (χ3n) is 7.37. The molecule has 2 aliphatic rings. The maximum atomic E-state index is 14.8. The van der Waals surface area contributed by atoms with E-state index in [9.17, 15) is 14.4 Å². The molecule has 2 aliphatic heterocycles. The van der Waals surface area contributed by atoms with Crippen LogP contribution in [0.3, 0.4) is 0 Å². The summed E-state index contributed by atoms with van der Waals surface area (Å²) >= 11 is 5.72. The Bertz CT molecular complexity index is 1670. The average molecular weight is 573 g/mol. The normalized spacial score (nSPS) is 16.0. The first-order chi connectivity index (χ1) is 18.7. The zero-order valence-corrected chi connectivity index (χ0v) is 23.9. The van der Waals surface area contributed by atoms with Gasteiger partial charge in [0, 0.05) is 17.5 Å². The number of nitrogens with zero attached hydrogens (tertiary/aromatic N) is 2. The quantitative estimate of drug-likeness (QED) is 0.151. The number of rotatable bonds is 5. The number of fused-ring (bicyclic) bond motifs is 4. The minimum atomic E-state index is -1.05. The molecule has 3 heterocycles. The number of carbonyl (C=O) groups is 3. The van der Waals surface area contributed by atoms with E-state index in [1.165, 1.54) is 10.3 Å². The second kappa shape index (κ2) is 9.51. The smallest absolute Gasteiger partial charge is 0.262 e. The molecule has 0 saturated heterocycles. The van der Waals surface area contributed by atoms with Crippen LogP contribution < -0.4 is 9.64 Å². The first-order valence-electron chi connectivity index (χ1n) is 12.4. The van der Waals surface area contributed by atoms with Gasteiger partial charge in [-0.1, -0.05) is 75.4 Å². The lowest BCUT2D eigenvalue weighted by Crippen LogP contribution is -2.57. The number of hydrogen-bond acceptors (Lipinski definition) is 7. The zero-order valence-electron chi connectivity index (χ0n) is 21.5. The number of carbonyl (C=O) groups excluding carboxylic acids is 3. The van der Waals surface area contributed by atoms with Crippen LogP contribution in [-0.2, 0) is 16.8 Å². The van der Waals surface area contributed by atoms with Gasteiger partial charge in [0.1, 0.15) is 15.6 Å². The Morgan fingerprint density at radius 2 is 1.56 bits per heavy atom. The van der Waals surface area contributed by atoms with E-state index in [4.69, 9.17) is 17.0 Å². The van der Waals surface area contributed by atoms with E-state index in [1.54, 1.807) is 46.6 Å². The third-order valence-corrected chi connectivity index (χ3v) is 10.7. The van der Waals surface area contributed by atoms with Gasteiger partial charge in [0.25, 0.3) is 17.7 Å². The predicted molar refractivity (Wildman–Crippen MR) is 156 cm³/mol. The van der Waals surface area contributed by atoms with Crippen molar-refractivity contribution in [1.29, 1.82) is 0 Å². The molecule has 0 radical (unpaired) electrons. The van der Waals surface area contributed by atoms with Gasteiger partial charge in [0.05, 0.1) is 34.3 Å². The highest BCUT2D eigenvalue weighted by atomic mass is 32.9. The molecule has 3 aromatic carbocycles. The minimum Gasteiger partial charge on any atom is -0.497 e. The molecule has 39 heavy (non-hydrogen) atoms. The van der Waals surface area contributed by atoms with Gasteiger partial charge in [-0.15, -0.1) is 0 Å². The molecule has 6 rings (SSSR count). The summed E-state index contributed by atoms with van der Waals surface area (Å²) in [5.74, 6) is -0.596. The highest BCUT2D eigenvalue weighted by molar-refractivity contribution is 7.80. The summed E-state index contributed by atoms with van der Waals surface area (Å²) in [4.78, 5) is 45.9. The Hall–Kier alpha value is -3.66. The SMILES string of the molecule is COc1ccc2c(c1)-c1c(ssc1=S)C(C)(C)N2C(=O)[C@@H](Cc1ccccc1)N1C(=O)c2ccccc2C1=O. The fraction of sp³-hybridized carbons (Fsp3) is 0.200. The summed E-state index contributed by atoms with van der Waals surface area (Å²) < 4.78 is 6.26. The minimum absolute atomic E-state index is 0.190. The maximum Gasteiger partial charge on any atom is 0.262 e. The van der Waals surface area contributed by atoms with Gasteiger partial charge in [-0.05, 0) is 49.7 Å². The Labute approximate surface area is 238 Å². The molecular formula is C30H24N2O4S3. The van der Waals surface area contributed by atoms with Gasteiger partial charge in [-0.2, -0.15) is 0 Å². The van der Waals surface area contributed by atoms with Crippen LogP contribution in [0, 0.1) is 3.82 Å². The maximum absolute atomic E-state index is 14.8. The standard InChI is InChI=1S/C30H24N2O4S3/c1-30(2)25-24(29(37)39-38-25)21-16-18(36-3)13-14-22(21)32(30)28(35)23(15-17-9-5-4-6-10-17)31-26(33)19-11-7-8-12-20(19)27(31)34/h4-14,16,23H,15H2,1-3H3/t23-/m1/s1. The molecule has 0 fully saturated rings. The lowest BCUT2D eigenvalue weighted by atomic mass is 9.86. The van der Waals surface area contributed by atoms with Gasteiger partial charge in [0.15, 0.2) is 0 Å². The van der Waals surface area contributed by atoms with Crippen molar-refractivity contribution in [3.63, 3.8) is 0 Å². The summed E-state index contributed by atoms with van der Waals surface area (Å²) in [5.41, 5.74) is 3.11. The van der Waals surface area contributed by atoms with Crippen LogP contribution >= 0.6 is 32.9 Å². The predicted octanol–water partition coefficient (Wildman–Crippen LogP) is 6.70. The van der Waals surface area contributed by atoms with E-state index in [-0.39, 0.29) is 12.3 Å². The largest absolute Gasteiger partial charge is 0.497 e. The molecule has 0 spiro atoms. The van der Waals surface area contributed by atoms with Crippen molar-refractivity contribution in [2.75, 3.05) is 12.0 Å². The molecule has 0 bridgehead atoms. The van der Waals surface area contributed by atoms with E-state index in [0.29, 0.717) is 22.6 Å². The van der Waals surface area contributed by atoms with Crippen molar-refractivity contribution in [2.45, 2.75) is 31.8 Å². The molecule has 1 atom stereocenters. The number of anilines is 1. The Morgan fingerprint density at radius 1 is 0.923 bits per heavy atom. The van der Waals surface area contributed by atoms with Crippen LogP contribution in [0.15, 0.2) is 72.8 Å². The second-order valence-corrected chi connectivity index (χ2v) is 12.8. The Kier molecular flexibility index (Phi) is 6.25.